The molecule has 0 amide bonds. The lowest BCUT2D eigenvalue weighted by Crippen LogP contribution is -2.33. The topological polar surface area (TPSA) is 203 Å². The van der Waals surface area contributed by atoms with Gasteiger partial charge in [-0.05, 0) is 0 Å². The van der Waals surface area contributed by atoms with E-state index in [1.165, 1.54) is 0 Å². The molecule has 0 spiro atoms. The first-order valence-corrected chi connectivity index (χ1v) is 7.34. The Morgan fingerprint density at radius 2 is 2.14 bits per heavy atom. The van der Waals surface area contributed by atoms with Gasteiger partial charge in [0.15, 0.2) is 6.23 Å². The van der Waals surface area contributed by atoms with Crippen LogP contribution in [0.1, 0.15) is 6.23 Å². The lowest BCUT2D eigenvalue weighted by molar-refractivity contribution is -0.384. The van der Waals surface area contributed by atoms with Gasteiger partial charge < -0.3 is 30.5 Å². The largest absolute Gasteiger partial charge is 0.469 e. The van der Waals surface area contributed by atoms with Crippen LogP contribution in [-0.4, -0.2) is 59.6 Å². The van der Waals surface area contributed by atoms with E-state index in [1.807, 2.05) is 0 Å². The molecule has 4 atom stereocenters. The molecular weight excluding hydrogens is 327 g/mol. The molecule has 1 saturated heterocycles. The second kappa shape index (κ2) is 5.89. The maximum absolute atomic E-state index is 10.7. The second-order valence-electron chi connectivity index (χ2n) is 4.45. The minimum atomic E-state index is -4.78. The Balaban J connectivity index is 2.16. The number of phosphoric ester groups is 1. The Bertz CT molecular complexity index is 615. The number of hydrogen-bond donors (Lipinski definition) is 5. The molecule has 1 aromatic heterocycles. The third-order valence-corrected chi connectivity index (χ3v) is 3.48. The van der Waals surface area contributed by atoms with Gasteiger partial charge in [0.25, 0.3) is 0 Å². The van der Waals surface area contributed by atoms with Crippen LogP contribution in [0.4, 0.5) is 11.5 Å². The van der Waals surface area contributed by atoms with E-state index >= 15 is 0 Å². The molecule has 2 heterocycles. The molecule has 14 heteroatoms. The summed E-state index contributed by atoms with van der Waals surface area (Å²) in [6.45, 7) is -0.706. The zero-order valence-electron chi connectivity index (χ0n) is 10.8. The van der Waals surface area contributed by atoms with Gasteiger partial charge in [0, 0.05) is 0 Å². The van der Waals surface area contributed by atoms with Crippen molar-refractivity contribution < 1.29 is 38.7 Å². The van der Waals surface area contributed by atoms with Crippen LogP contribution in [0.5, 0.6) is 0 Å². The summed E-state index contributed by atoms with van der Waals surface area (Å²) in [6, 6.07) is 0. The lowest BCUT2D eigenvalue weighted by Gasteiger charge is -2.15. The van der Waals surface area contributed by atoms with E-state index in [2.05, 4.69) is 9.62 Å². The van der Waals surface area contributed by atoms with Crippen molar-refractivity contribution in [2.24, 2.45) is 0 Å². The molecule has 0 saturated carbocycles. The first-order valence-electron chi connectivity index (χ1n) is 5.81. The summed E-state index contributed by atoms with van der Waals surface area (Å²) in [4.78, 5) is 27.1. The fraction of sp³-hybridized carbons (Fsp3) is 0.625. The molecule has 1 fully saturated rings. The minimum Gasteiger partial charge on any atom is -0.387 e. The molecule has 124 valence electrons. The van der Waals surface area contributed by atoms with Crippen LogP contribution in [0.2, 0.25) is 0 Å². The summed E-state index contributed by atoms with van der Waals surface area (Å²) < 4.78 is 20.8. The Labute approximate surface area is 122 Å². The van der Waals surface area contributed by atoms with E-state index in [0.717, 1.165) is 10.9 Å². The van der Waals surface area contributed by atoms with E-state index in [1.54, 1.807) is 0 Å². The Kier molecular flexibility index (Phi) is 4.49. The Morgan fingerprint density at radius 3 is 2.64 bits per heavy atom. The fourth-order valence-corrected chi connectivity index (χ4v) is 2.29. The molecule has 1 aromatic rings. The zero-order chi connectivity index (χ0) is 16.7. The van der Waals surface area contributed by atoms with Gasteiger partial charge in [-0.3, -0.25) is 14.6 Å². The van der Waals surface area contributed by atoms with Crippen LogP contribution in [0.25, 0.3) is 0 Å². The van der Waals surface area contributed by atoms with Crippen LogP contribution in [0, 0.1) is 10.1 Å². The van der Waals surface area contributed by atoms with E-state index in [9.17, 15) is 24.9 Å². The molecule has 0 aromatic carbocycles. The van der Waals surface area contributed by atoms with Crippen molar-refractivity contribution in [3.8, 4) is 0 Å². The summed E-state index contributed by atoms with van der Waals surface area (Å²) >= 11 is 0. The number of hydrogen-bond acceptors (Lipinski definition) is 9. The van der Waals surface area contributed by atoms with Gasteiger partial charge in [-0.1, -0.05) is 0 Å². The Morgan fingerprint density at radius 1 is 1.50 bits per heavy atom. The van der Waals surface area contributed by atoms with Gasteiger partial charge in [0.1, 0.15) is 24.5 Å². The second-order valence-corrected chi connectivity index (χ2v) is 5.69. The summed E-state index contributed by atoms with van der Waals surface area (Å²) in [7, 11) is -4.78. The molecule has 6 N–H and O–H groups in total. The van der Waals surface area contributed by atoms with Crippen LogP contribution in [0.3, 0.4) is 0 Å². The van der Waals surface area contributed by atoms with Crippen LogP contribution in [-0.2, 0) is 13.8 Å². The van der Waals surface area contributed by atoms with E-state index in [0.29, 0.717) is 0 Å². The Hall–Kier alpha value is -1.60. The highest BCUT2D eigenvalue weighted by molar-refractivity contribution is 7.46. The summed E-state index contributed by atoms with van der Waals surface area (Å²) in [5.41, 5.74) is 5.00. The number of phosphoric acid groups is 1. The molecule has 2 rings (SSSR count). The van der Waals surface area contributed by atoms with Crippen molar-refractivity contribution in [3.05, 3.63) is 16.3 Å². The predicted molar refractivity (Wildman–Crippen MR) is 67.2 cm³/mol. The van der Waals surface area contributed by atoms with Crippen molar-refractivity contribution in [3.63, 3.8) is 0 Å². The molecule has 0 aliphatic carbocycles. The molecule has 0 bridgehead atoms. The van der Waals surface area contributed by atoms with Crippen molar-refractivity contribution in [1.29, 1.82) is 0 Å². The van der Waals surface area contributed by atoms with E-state index in [4.69, 9.17) is 20.3 Å². The molecule has 0 unspecified atom stereocenters. The highest BCUT2D eigenvalue weighted by Crippen LogP contribution is 2.39. The number of ether oxygens (including phenoxy) is 1. The maximum Gasteiger partial charge on any atom is 0.469 e. The van der Waals surface area contributed by atoms with Crippen molar-refractivity contribution in [2.45, 2.75) is 24.5 Å². The normalized spacial score (nSPS) is 28.9. The number of anilines is 1. The van der Waals surface area contributed by atoms with Crippen molar-refractivity contribution in [1.82, 2.24) is 9.78 Å². The number of aliphatic hydroxyl groups is 2. The number of aromatic nitrogens is 2. The van der Waals surface area contributed by atoms with Gasteiger partial charge in [-0.15, -0.1) is 0 Å². The zero-order valence-corrected chi connectivity index (χ0v) is 11.7. The monoisotopic (exact) mass is 340 g/mol. The van der Waals surface area contributed by atoms with Crippen LogP contribution < -0.4 is 5.73 Å². The number of rotatable bonds is 5. The molecular formula is C8H13N4O9P. The molecule has 1 aliphatic rings. The minimum absolute atomic E-state index is 0.405. The number of nitrogens with two attached hydrogens (primary N) is 1. The first kappa shape index (κ1) is 16.8. The van der Waals surface area contributed by atoms with Gasteiger partial charge in [-0.25, -0.2) is 9.25 Å². The highest BCUT2D eigenvalue weighted by Gasteiger charge is 2.46. The van der Waals surface area contributed by atoms with Gasteiger partial charge in [-0.2, -0.15) is 5.10 Å². The van der Waals surface area contributed by atoms with Crippen molar-refractivity contribution >= 4 is 19.3 Å². The molecule has 0 radical (unpaired) electrons. The molecule has 1 aliphatic heterocycles. The molecule has 13 nitrogen and oxygen atoms in total. The highest BCUT2D eigenvalue weighted by atomic mass is 31.2. The number of nitrogen functional groups attached to an aromatic ring is 1. The fourth-order valence-electron chi connectivity index (χ4n) is 1.95. The first-order chi connectivity index (χ1) is 10.1. The van der Waals surface area contributed by atoms with Crippen LogP contribution in [0.15, 0.2) is 6.20 Å². The quantitative estimate of drug-likeness (QED) is 0.227. The summed E-state index contributed by atoms with van der Waals surface area (Å²) in [5.74, 6) is -0.405. The predicted octanol–water partition coefficient (Wildman–Crippen LogP) is -1.90. The lowest BCUT2D eigenvalue weighted by atomic mass is 10.1. The standard InChI is InChI=1S/C8H13N4O9P/c9-7-3(12(15)16)1-10-11(7)8-6(14)5(13)4(21-8)2-20-22(17,18)19/h1,4-6,8,13-14H,2,9H2,(H2,17,18,19)/t4-,5-,6-,8-/m1/s1. The number of nitrogens with zero attached hydrogens (tertiary/aromatic N) is 3. The molecule has 22 heavy (non-hydrogen) atoms. The van der Waals surface area contributed by atoms with Crippen LogP contribution >= 0.6 is 7.82 Å². The van der Waals surface area contributed by atoms with E-state index < -0.39 is 55.4 Å². The summed E-state index contributed by atoms with van der Waals surface area (Å²) in [5, 5.41) is 33.9. The summed E-state index contributed by atoms with van der Waals surface area (Å²) in [6.07, 6.45) is -4.94. The van der Waals surface area contributed by atoms with Gasteiger partial charge in [0.2, 0.25) is 5.82 Å². The van der Waals surface area contributed by atoms with Crippen molar-refractivity contribution in [2.75, 3.05) is 12.3 Å². The smallest absolute Gasteiger partial charge is 0.387 e. The number of aliphatic hydroxyl groups excluding tert-OH is 2. The van der Waals surface area contributed by atoms with Gasteiger partial charge in [0.05, 0.1) is 11.5 Å². The maximum atomic E-state index is 10.7. The SMILES string of the molecule is Nc1c([N+](=O)[O-])cnn1[C@@H]1O[C@H](COP(=O)(O)O)[C@@H](O)[C@H]1O. The van der Waals surface area contributed by atoms with E-state index in [-0.39, 0.29) is 0 Å². The third kappa shape index (κ3) is 3.25. The van der Waals surface area contributed by atoms with Gasteiger partial charge >= 0.3 is 13.5 Å². The third-order valence-electron chi connectivity index (χ3n) is 3.00. The average Bonchev–Trinajstić information content (AvgIpc) is 2.90. The average molecular weight is 340 g/mol. The number of nitro groups is 1.